The van der Waals surface area contributed by atoms with Crippen LogP contribution in [-0.4, -0.2) is 12.8 Å². The summed E-state index contributed by atoms with van der Waals surface area (Å²) >= 11 is 18.8. The van der Waals surface area contributed by atoms with Gasteiger partial charge in [-0.1, -0.05) is 71.2 Å². The average molecular weight is 464 g/mol. The number of nitrogens with one attached hydrogen (secondary N) is 1. The maximum absolute atomic E-state index is 6.47. The molecule has 0 aromatic heterocycles. The highest BCUT2D eigenvalue weighted by molar-refractivity contribution is 6.32. The van der Waals surface area contributed by atoms with Crippen molar-refractivity contribution in [3.05, 3.63) is 92.4 Å². The number of hydrogen-bond acceptors (Lipinski definition) is 4. The number of ether oxygens (including phenoxy) is 2. The van der Waals surface area contributed by atoms with Crippen molar-refractivity contribution in [1.82, 2.24) is 5.43 Å². The minimum Gasteiger partial charge on any atom is -0.490 e. The normalized spacial score (nSPS) is 10.9. The predicted octanol–water partition coefficient (Wildman–Crippen LogP) is 6.75. The summed E-state index contributed by atoms with van der Waals surface area (Å²) in [5.41, 5.74) is 5.60. The molecule has 0 spiro atoms. The second-order valence-electron chi connectivity index (χ2n) is 6.33. The SMILES string of the molecule is CCOc1cc(/C=N\NCc2ccccc2Cl)cc(Cl)c1OCc1ccccc1Cl. The lowest BCUT2D eigenvalue weighted by Crippen LogP contribution is -2.06. The molecular formula is C23H21Cl3N2O2. The molecule has 3 aromatic carbocycles. The minimum absolute atomic E-state index is 0.284. The Labute approximate surface area is 191 Å². The Bertz CT molecular complexity index is 1030. The van der Waals surface area contributed by atoms with Crippen molar-refractivity contribution in [3.8, 4) is 11.5 Å². The molecule has 0 amide bonds. The molecule has 0 aliphatic rings. The molecule has 0 unspecified atom stereocenters. The topological polar surface area (TPSA) is 42.8 Å². The van der Waals surface area contributed by atoms with Gasteiger partial charge in [0.2, 0.25) is 0 Å². The van der Waals surface area contributed by atoms with E-state index in [2.05, 4.69) is 10.5 Å². The van der Waals surface area contributed by atoms with Crippen molar-refractivity contribution in [1.29, 1.82) is 0 Å². The molecule has 3 aromatic rings. The van der Waals surface area contributed by atoms with Gasteiger partial charge in [0.05, 0.1) is 24.4 Å². The highest BCUT2D eigenvalue weighted by atomic mass is 35.5. The van der Waals surface area contributed by atoms with Crippen molar-refractivity contribution in [3.63, 3.8) is 0 Å². The molecule has 0 aliphatic heterocycles. The van der Waals surface area contributed by atoms with Crippen LogP contribution in [0.4, 0.5) is 0 Å². The van der Waals surface area contributed by atoms with Gasteiger partial charge in [0.25, 0.3) is 0 Å². The third kappa shape index (κ3) is 6.05. The fourth-order valence-corrected chi connectivity index (χ4v) is 3.39. The minimum atomic E-state index is 0.284. The number of hydrogen-bond donors (Lipinski definition) is 1. The van der Waals surface area contributed by atoms with E-state index in [1.54, 1.807) is 12.3 Å². The molecule has 0 atom stereocenters. The second kappa shape index (κ2) is 11.1. The van der Waals surface area contributed by atoms with Gasteiger partial charge in [0.1, 0.15) is 6.61 Å². The summed E-state index contributed by atoms with van der Waals surface area (Å²) in [5, 5.41) is 6.02. The summed E-state index contributed by atoms with van der Waals surface area (Å²) < 4.78 is 11.6. The lowest BCUT2D eigenvalue weighted by atomic mass is 10.2. The van der Waals surface area contributed by atoms with E-state index in [1.807, 2.05) is 61.5 Å². The van der Waals surface area contributed by atoms with Gasteiger partial charge in [-0.05, 0) is 42.3 Å². The molecule has 7 heteroatoms. The van der Waals surface area contributed by atoms with E-state index < -0.39 is 0 Å². The molecule has 3 rings (SSSR count). The first-order valence-corrected chi connectivity index (χ1v) is 10.5. The van der Waals surface area contributed by atoms with Crippen molar-refractivity contribution >= 4 is 41.0 Å². The Morgan fingerprint density at radius 2 is 1.53 bits per heavy atom. The monoisotopic (exact) mass is 462 g/mol. The third-order valence-corrected chi connectivity index (χ3v) is 5.21. The van der Waals surface area contributed by atoms with Crippen LogP contribution in [-0.2, 0) is 13.2 Å². The van der Waals surface area contributed by atoms with Crippen LogP contribution < -0.4 is 14.9 Å². The van der Waals surface area contributed by atoms with E-state index in [-0.39, 0.29) is 6.61 Å². The number of benzene rings is 3. The van der Waals surface area contributed by atoms with Crippen molar-refractivity contribution in [2.24, 2.45) is 5.10 Å². The van der Waals surface area contributed by atoms with E-state index >= 15 is 0 Å². The van der Waals surface area contributed by atoms with Gasteiger partial charge < -0.3 is 14.9 Å². The van der Waals surface area contributed by atoms with E-state index in [0.29, 0.717) is 39.7 Å². The van der Waals surface area contributed by atoms with Crippen LogP contribution in [0.5, 0.6) is 11.5 Å². The van der Waals surface area contributed by atoms with Crippen LogP contribution in [0, 0.1) is 0 Å². The van der Waals surface area contributed by atoms with Gasteiger partial charge in [-0.15, -0.1) is 0 Å². The number of hydrazone groups is 1. The van der Waals surface area contributed by atoms with Crippen LogP contribution >= 0.6 is 34.8 Å². The molecular weight excluding hydrogens is 443 g/mol. The zero-order valence-electron chi connectivity index (χ0n) is 16.4. The maximum Gasteiger partial charge on any atom is 0.180 e. The van der Waals surface area contributed by atoms with Gasteiger partial charge in [-0.2, -0.15) is 5.10 Å². The summed E-state index contributed by atoms with van der Waals surface area (Å²) in [6.07, 6.45) is 1.67. The van der Waals surface area contributed by atoms with Crippen LogP contribution in [0.25, 0.3) is 0 Å². The molecule has 0 fully saturated rings. The Kier molecular flexibility index (Phi) is 8.26. The Hall–Kier alpha value is -2.40. The molecule has 0 aliphatic carbocycles. The zero-order chi connectivity index (χ0) is 21.3. The largest absolute Gasteiger partial charge is 0.490 e. The van der Waals surface area contributed by atoms with Gasteiger partial charge in [0, 0.05) is 15.6 Å². The Morgan fingerprint density at radius 1 is 0.867 bits per heavy atom. The summed E-state index contributed by atoms with van der Waals surface area (Å²) in [4.78, 5) is 0. The summed E-state index contributed by atoms with van der Waals surface area (Å²) in [5.74, 6) is 1.02. The molecule has 0 saturated carbocycles. The standard InChI is InChI=1S/C23H21Cl3N2O2/c1-2-29-22-12-16(13-27-28-14-17-7-3-5-9-19(17)24)11-21(26)23(22)30-15-18-8-4-6-10-20(18)25/h3-13,28H,2,14-15H2,1H3/b27-13-. The van der Waals surface area contributed by atoms with Crippen LogP contribution in [0.2, 0.25) is 15.1 Å². The van der Waals surface area contributed by atoms with Crippen LogP contribution in [0.1, 0.15) is 23.6 Å². The smallest absolute Gasteiger partial charge is 0.180 e. The average Bonchev–Trinajstić information content (AvgIpc) is 2.73. The zero-order valence-corrected chi connectivity index (χ0v) is 18.6. The van der Waals surface area contributed by atoms with E-state index in [9.17, 15) is 0 Å². The van der Waals surface area contributed by atoms with Gasteiger partial charge in [-0.3, -0.25) is 0 Å². The molecule has 0 bridgehead atoms. The second-order valence-corrected chi connectivity index (χ2v) is 7.55. The van der Waals surface area contributed by atoms with Crippen LogP contribution in [0.3, 0.4) is 0 Å². The fourth-order valence-electron chi connectivity index (χ4n) is 2.72. The first-order valence-electron chi connectivity index (χ1n) is 9.40. The lowest BCUT2D eigenvalue weighted by molar-refractivity contribution is 0.269. The first-order chi connectivity index (χ1) is 14.6. The Balaban J connectivity index is 1.70. The molecule has 0 saturated heterocycles. The number of rotatable bonds is 9. The van der Waals surface area contributed by atoms with Gasteiger partial charge in [-0.25, -0.2) is 0 Å². The molecule has 156 valence electrons. The summed E-state index contributed by atoms with van der Waals surface area (Å²) in [7, 11) is 0. The highest BCUT2D eigenvalue weighted by Crippen LogP contribution is 2.37. The molecule has 4 nitrogen and oxygen atoms in total. The van der Waals surface area contributed by atoms with Gasteiger partial charge >= 0.3 is 0 Å². The third-order valence-electron chi connectivity index (χ3n) is 4.19. The number of halogens is 3. The molecule has 30 heavy (non-hydrogen) atoms. The number of nitrogens with zero attached hydrogens (tertiary/aromatic N) is 1. The van der Waals surface area contributed by atoms with E-state index in [1.165, 1.54) is 0 Å². The fraction of sp³-hybridized carbons (Fsp3) is 0.174. The van der Waals surface area contributed by atoms with Crippen molar-refractivity contribution in [2.75, 3.05) is 6.61 Å². The molecule has 0 radical (unpaired) electrons. The summed E-state index contributed by atoms with van der Waals surface area (Å²) in [6, 6.07) is 18.7. The maximum atomic E-state index is 6.47. The first kappa shape index (κ1) is 22.3. The Morgan fingerprint density at radius 3 is 2.20 bits per heavy atom. The van der Waals surface area contributed by atoms with Crippen molar-refractivity contribution < 1.29 is 9.47 Å². The lowest BCUT2D eigenvalue weighted by Gasteiger charge is -2.15. The highest BCUT2D eigenvalue weighted by Gasteiger charge is 2.13. The van der Waals surface area contributed by atoms with E-state index in [0.717, 1.165) is 16.7 Å². The van der Waals surface area contributed by atoms with Gasteiger partial charge in [0.15, 0.2) is 11.5 Å². The van der Waals surface area contributed by atoms with E-state index in [4.69, 9.17) is 44.3 Å². The quantitative estimate of drug-likeness (QED) is 0.282. The van der Waals surface area contributed by atoms with Crippen molar-refractivity contribution in [2.45, 2.75) is 20.1 Å². The van der Waals surface area contributed by atoms with Crippen LogP contribution in [0.15, 0.2) is 65.8 Å². The predicted molar refractivity (Wildman–Crippen MR) is 124 cm³/mol. The molecule has 0 heterocycles. The summed E-state index contributed by atoms with van der Waals surface area (Å²) in [6.45, 7) is 3.18. The molecule has 1 N–H and O–H groups in total.